The van der Waals surface area contributed by atoms with E-state index in [9.17, 15) is 4.79 Å². The summed E-state index contributed by atoms with van der Waals surface area (Å²) in [7, 11) is 0. The number of carbonyl (C=O) groups excluding carboxylic acids is 1. The fraction of sp³-hybridized carbons (Fsp3) is 0.947. The molecule has 2 fully saturated rings. The van der Waals surface area contributed by atoms with Crippen molar-refractivity contribution in [3.63, 3.8) is 0 Å². The Labute approximate surface area is 142 Å². The Kier molecular flexibility index (Phi) is 6.75. The van der Waals surface area contributed by atoms with Gasteiger partial charge in [-0.1, -0.05) is 19.8 Å². The monoisotopic (exact) mass is 324 g/mol. The van der Waals surface area contributed by atoms with Gasteiger partial charge < -0.3 is 15.0 Å². The molecule has 1 heterocycles. The van der Waals surface area contributed by atoms with E-state index in [4.69, 9.17) is 4.74 Å². The first-order chi connectivity index (χ1) is 10.8. The van der Waals surface area contributed by atoms with Gasteiger partial charge in [0, 0.05) is 13.1 Å². The van der Waals surface area contributed by atoms with E-state index in [1.54, 1.807) is 0 Å². The molecule has 0 bridgehead atoms. The first kappa shape index (κ1) is 18.6. The highest BCUT2D eigenvalue weighted by atomic mass is 16.6. The fourth-order valence-corrected chi connectivity index (χ4v) is 3.88. The summed E-state index contributed by atoms with van der Waals surface area (Å²) in [6, 6.07) is 0. The molecule has 23 heavy (non-hydrogen) atoms. The van der Waals surface area contributed by atoms with Crippen LogP contribution in [0.2, 0.25) is 0 Å². The summed E-state index contributed by atoms with van der Waals surface area (Å²) in [5, 5.41) is 3.69. The summed E-state index contributed by atoms with van der Waals surface area (Å²) in [5.41, 5.74) is -0.396. The molecule has 0 aromatic heterocycles. The highest BCUT2D eigenvalue weighted by molar-refractivity contribution is 5.68. The van der Waals surface area contributed by atoms with Crippen molar-refractivity contribution in [1.29, 1.82) is 0 Å². The van der Waals surface area contributed by atoms with Crippen LogP contribution in [0.5, 0.6) is 0 Å². The molecule has 2 atom stereocenters. The van der Waals surface area contributed by atoms with Crippen molar-refractivity contribution in [2.45, 2.75) is 71.8 Å². The summed E-state index contributed by atoms with van der Waals surface area (Å²) in [5.74, 6) is 2.49. The molecule has 134 valence electrons. The number of likely N-dealkylation sites (tertiary alicyclic amines) is 1. The highest BCUT2D eigenvalue weighted by Crippen LogP contribution is 2.28. The number of carbonyl (C=O) groups is 1. The number of hydrogen-bond donors (Lipinski definition) is 1. The van der Waals surface area contributed by atoms with E-state index in [1.165, 1.54) is 32.2 Å². The van der Waals surface area contributed by atoms with E-state index in [-0.39, 0.29) is 6.09 Å². The number of hydrogen-bond acceptors (Lipinski definition) is 3. The largest absolute Gasteiger partial charge is 0.444 e. The third kappa shape index (κ3) is 6.70. The summed E-state index contributed by atoms with van der Waals surface area (Å²) >= 11 is 0. The predicted octanol–water partition coefficient (Wildman–Crippen LogP) is 4.05. The van der Waals surface area contributed by atoms with E-state index in [0.717, 1.165) is 44.3 Å². The van der Waals surface area contributed by atoms with Gasteiger partial charge in [-0.2, -0.15) is 0 Å². The average Bonchev–Trinajstić information content (AvgIpc) is 2.46. The lowest BCUT2D eigenvalue weighted by molar-refractivity contribution is 0.0184. The Morgan fingerprint density at radius 3 is 2.35 bits per heavy atom. The van der Waals surface area contributed by atoms with Crippen LogP contribution < -0.4 is 5.32 Å². The van der Waals surface area contributed by atoms with Crippen LogP contribution in [0.3, 0.4) is 0 Å². The van der Waals surface area contributed by atoms with Crippen molar-refractivity contribution in [3.05, 3.63) is 0 Å². The lowest BCUT2D eigenvalue weighted by atomic mass is 9.82. The Morgan fingerprint density at radius 1 is 1.09 bits per heavy atom. The molecule has 4 heteroatoms. The second-order valence-electron chi connectivity index (χ2n) is 8.71. The molecule has 2 aliphatic rings. The first-order valence-corrected chi connectivity index (χ1v) is 9.52. The van der Waals surface area contributed by atoms with Gasteiger partial charge in [0.05, 0.1) is 0 Å². The maximum Gasteiger partial charge on any atom is 0.410 e. The molecule has 0 spiro atoms. The highest BCUT2D eigenvalue weighted by Gasteiger charge is 2.27. The van der Waals surface area contributed by atoms with Crippen LogP contribution in [0.4, 0.5) is 4.79 Å². The van der Waals surface area contributed by atoms with Crippen LogP contribution in [-0.2, 0) is 4.74 Å². The number of nitrogens with zero attached hydrogens (tertiary/aromatic N) is 1. The molecular weight excluding hydrogens is 288 g/mol. The Hall–Kier alpha value is -0.770. The molecule has 1 aliphatic heterocycles. The standard InChI is InChI=1S/C19H36N2O2/c1-15-6-5-7-17(12-15)14-20-13-16-8-10-21(11-9-16)18(22)23-19(2,3)4/h15-17,20H,5-14H2,1-4H3. The van der Waals surface area contributed by atoms with Crippen molar-refractivity contribution in [2.24, 2.45) is 17.8 Å². The zero-order chi connectivity index (χ0) is 16.9. The van der Waals surface area contributed by atoms with Crippen LogP contribution in [0.1, 0.15) is 66.2 Å². The number of rotatable bonds is 4. The van der Waals surface area contributed by atoms with Crippen LogP contribution in [0, 0.1) is 17.8 Å². The number of nitrogens with one attached hydrogen (secondary N) is 1. The SMILES string of the molecule is CC1CCCC(CNCC2CCN(C(=O)OC(C)(C)C)CC2)C1. The van der Waals surface area contributed by atoms with Crippen LogP contribution in [0.15, 0.2) is 0 Å². The summed E-state index contributed by atoms with van der Waals surface area (Å²) in [6.45, 7) is 12.1. The quantitative estimate of drug-likeness (QED) is 0.848. The second-order valence-corrected chi connectivity index (χ2v) is 8.71. The van der Waals surface area contributed by atoms with Crippen LogP contribution in [-0.4, -0.2) is 42.8 Å². The third-order valence-corrected chi connectivity index (χ3v) is 5.18. The Bertz CT molecular complexity index is 370. The molecule has 1 saturated heterocycles. The summed E-state index contributed by atoms with van der Waals surface area (Å²) in [4.78, 5) is 13.9. The van der Waals surface area contributed by atoms with Gasteiger partial charge in [-0.05, 0) is 77.3 Å². The molecule has 2 unspecified atom stereocenters. The summed E-state index contributed by atoms with van der Waals surface area (Å²) < 4.78 is 5.45. The summed E-state index contributed by atoms with van der Waals surface area (Å²) in [6.07, 6.45) is 7.64. The normalized spacial score (nSPS) is 27.0. The molecule has 1 saturated carbocycles. The molecule has 0 aromatic rings. The molecule has 2 rings (SSSR count). The van der Waals surface area contributed by atoms with Crippen molar-refractivity contribution < 1.29 is 9.53 Å². The van der Waals surface area contributed by atoms with Gasteiger partial charge in [-0.3, -0.25) is 0 Å². The van der Waals surface area contributed by atoms with Gasteiger partial charge in [0.15, 0.2) is 0 Å². The predicted molar refractivity (Wildman–Crippen MR) is 94.5 cm³/mol. The molecule has 1 aliphatic carbocycles. The van der Waals surface area contributed by atoms with Gasteiger partial charge in [0.25, 0.3) is 0 Å². The zero-order valence-electron chi connectivity index (χ0n) is 15.6. The van der Waals surface area contributed by atoms with Gasteiger partial charge in [0.2, 0.25) is 0 Å². The van der Waals surface area contributed by atoms with Crippen molar-refractivity contribution in [3.8, 4) is 0 Å². The minimum absolute atomic E-state index is 0.153. The smallest absolute Gasteiger partial charge is 0.410 e. The Morgan fingerprint density at radius 2 is 1.74 bits per heavy atom. The van der Waals surface area contributed by atoms with E-state index in [1.807, 2.05) is 25.7 Å². The second kappa shape index (κ2) is 8.36. The number of piperidine rings is 1. The van der Waals surface area contributed by atoms with Gasteiger partial charge >= 0.3 is 6.09 Å². The molecular formula is C19H36N2O2. The van der Waals surface area contributed by atoms with E-state index >= 15 is 0 Å². The van der Waals surface area contributed by atoms with Crippen molar-refractivity contribution >= 4 is 6.09 Å². The lowest BCUT2D eigenvalue weighted by Gasteiger charge is -2.34. The van der Waals surface area contributed by atoms with E-state index in [2.05, 4.69) is 12.2 Å². The molecule has 4 nitrogen and oxygen atoms in total. The number of amides is 1. The average molecular weight is 325 g/mol. The molecule has 1 amide bonds. The maximum atomic E-state index is 12.1. The minimum atomic E-state index is -0.396. The first-order valence-electron chi connectivity index (χ1n) is 9.52. The van der Waals surface area contributed by atoms with Crippen molar-refractivity contribution in [1.82, 2.24) is 10.2 Å². The zero-order valence-corrected chi connectivity index (χ0v) is 15.6. The van der Waals surface area contributed by atoms with Gasteiger partial charge in [-0.15, -0.1) is 0 Å². The van der Waals surface area contributed by atoms with Gasteiger partial charge in [-0.25, -0.2) is 4.79 Å². The lowest BCUT2D eigenvalue weighted by Crippen LogP contribution is -2.43. The fourth-order valence-electron chi connectivity index (χ4n) is 3.88. The molecule has 0 aromatic carbocycles. The number of ether oxygens (including phenoxy) is 1. The molecule has 1 N–H and O–H groups in total. The topological polar surface area (TPSA) is 41.6 Å². The van der Waals surface area contributed by atoms with Gasteiger partial charge in [0.1, 0.15) is 5.60 Å². The minimum Gasteiger partial charge on any atom is -0.444 e. The van der Waals surface area contributed by atoms with E-state index in [0.29, 0.717) is 5.92 Å². The van der Waals surface area contributed by atoms with E-state index < -0.39 is 5.60 Å². The molecule has 0 radical (unpaired) electrons. The maximum absolute atomic E-state index is 12.1. The van der Waals surface area contributed by atoms with Crippen LogP contribution >= 0.6 is 0 Å². The van der Waals surface area contributed by atoms with Crippen LogP contribution in [0.25, 0.3) is 0 Å². The Balaban J connectivity index is 1.60. The third-order valence-electron chi connectivity index (χ3n) is 5.18. The van der Waals surface area contributed by atoms with Crippen molar-refractivity contribution in [2.75, 3.05) is 26.2 Å².